The van der Waals surface area contributed by atoms with Crippen LogP contribution in [0.3, 0.4) is 0 Å². The van der Waals surface area contributed by atoms with Gasteiger partial charge in [-0.25, -0.2) is 4.79 Å². The number of carbonyl (C=O) groups is 1. The van der Waals surface area contributed by atoms with E-state index in [0.717, 1.165) is 0 Å². The van der Waals surface area contributed by atoms with E-state index < -0.39 is 14.2 Å². The van der Waals surface area contributed by atoms with Crippen molar-refractivity contribution in [2.24, 2.45) is 0 Å². The molecular weight excluding hydrogens is 238 g/mol. The van der Waals surface area contributed by atoms with Crippen LogP contribution in [-0.2, 0) is 35.7 Å². The Kier molecular flexibility index (Phi) is 9.79. The second kappa shape index (κ2) is 8.35. The summed E-state index contributed by atoms with van der Waals surface area (Å²) in [6.07, 6.45) is 0. The predicted molar refractivity (Wildman–Crippen MR) is 41.6 cm³/mol. The number of ether oxygens (including phenoxy) is 1. The third-order valence-electron chi connectivity index (χ3n) is 0.867. The maximum absolute atomic E-state index is 10.7. The van der Waals surface area contributed by atoms with Gasteiger partial charge in [0.15, 0.2) is 0 Å². The van der Waals surface area contributed by atoms with Crippen LogP contribution in [0.15, 0.2) is 12.2 Å². The van der Waals surface area contributed by atoms with E-state index in [-0.39, 0.29) is 35.9 Å². The molecule has 0 bridgehead atoms. The van der Waals surface area contributed by atoms with Crippen molar-refractivity contribution in [3.05, 3.63) is 12.2 Å². The molecule has 1 radical (unpaired) electrons. The number of rotatable bonds is 5. The smallest absolute Gasteiger partial charge is 0.460 e. The molecule has 1 unspecified atom stereocenters. The third-order valence-corrected chi connectivity index (χ3v) is 1.27. The molecule has 13 heavy (non-hydrogen) atoms. The summed E-state index contributed by atoms with van der Waals surface area (Å²) in [6.45, 7) is 4.72. The summed E-state index contributed by atoms with van der Waals surface area (Å²) in [5.74, 6) is -0.535. The fourth-order valence-electron chi connectivity index (χ4n) is 0.373. The van der Waals surface area contributed by atoms with Crippen molar-refractivity contribution in [1.29, 1.82) is 0 Å². The van der Waals surface area contributed by atoms with Crippen LogP contribution in [0.25, 0.3) is 0 Å². The van der Waals surface area contributed by atoms with Gasteiger partial charge < -0.3 is 4.74 Å². The summed E-state index contributed by atoms with van der Waals surface area (Å²) in [5, 5.41) is 0. The molecule has 7 heteroatoms. The zero-order valence-corrected chi connectivity index (χ0v) is 9.10. The number of carbonyl (C=O) groups excluding carboxylic acids is 1. The van der Waals surface area contributed by atoms with Gasteiger partial charge in [0, 0.05) is 27.2 Å². The average Bonchev–Trinajstić information content (AvgIpc) is 1.97. The molecule has 0 aromatic rings. The van der Waals surface area contributed by atoms with Crippen LogP contribution in [0.5, 0.6) is 0 Å². The second-order valence-electron chi connectivity index (χ2n) is 1.99. The first kappa shape index (κ1) is 15.2. The molecule has 1 atom stereocenters. The van der Waals surface area contributed by atoms with Crippen LogP contribution < -0.4 is 0 Å². The van der Waals surface area contributed by atoms with E-state index in [1.165, 1.54) is 6.92 Å². The number of esters is 1. The first-order valence-corrected chi connectivity index (χ1v) is 4.28. The Morgan fingerprint density at radius 2 is 2.08 bits per heavy atom. The van der Waals surface area contributed by atoms with Gasteiger partial charge in [0.2, 0.25) is 0 Å². The minimum atomic E-state index is -2.61. The van der Waals surface area contributed by atoms with Gasteiger partial charge in [0.1, 0.15) is 13.2 Å². The van der Waals surface area contributed by atoms with E-state index in [1.807, 2.05) is 0 Å². The molecule has 0 spiro atoms. The quantitative estimate of drug-likeness (QED) is 0.256. The Labute approximate surface area is 87.5 Å². The Morgan fingerprint density at radius 1 is 1.54 bits per heavy atom. The SMILES string of the molecule is C=C(C)C(=O)OCCO[P+](=O)O.[Mn]. The van der Waals surface area contributed by atoms with Crippen molar-refractivity contribution in [3.8, 4) is 0 Å². The Bertz CT molecular complexity index is 205. The fraction of sp³-hybridized carbons (Fsp3) is 0.500. The van der Waals surface area contributed by atoms with E-state index in [9.17, 15) is 9.36 Å². The van der Waals surface area contributed by atoms with Crippen molar-refractivity contribution in [1.82, 2.24) is 0 Å². The summed E-state index contributed by atoms with van der Waals surface area (Å²) in [5.41, 5.74) is 0.281. The number of hydrogen-bond donors (Lipinski definition) is 1. The van der Waals surface area contributed by atoms with E-state index in [0.29, 0.717) is 0 Å². The summed E-state index contributed by atoms with van der Waals surface area (Å²) in [4.78, 5) is 18.8. The van der Waals surface area contributed by atoms with Crippen LogP contribution in [-0.4, -0.2) is 24.1 Å². The van der Waals surface area contributed by atoms with Gasteiger partial charge in [-0.15, -0.1) is 9.42 Å². The standard InChI is InChI=1S/C6H9O5P.Mn/c1-5(2)6(7)10-3-4-11-12(8)9;/h1,3-4H2,2H3;/p+1. The molecule has 0 fully saturated rings. The van der Waals surface area contributed by atoms with Crippen LogP contribution in [0.2, 0.25) is 0 Å². The van der Waals surface area contributed by atoms with Crippen LogP contribution >= 0.6 is 8.25 Å². The van der Waals surface area contributed by atoms with E-state index in [1.54, 1.807) is 0 Å². The zero-order chi connectivity index (χ0) is 9.56. The number of hydrogen-bond acceptors (Lipinski definition) is 4. The monoisotopic (exact) mass is 248 g/mol. The molecule has 1 N–H and O–H groups in total. The summed E-state index contributed by atoms with van der Waals surface area (Å²) in [6, 6.07) is 0. The van der Waals surface area contributed by atoms with Crippen molar-refractivity contribution in [2.75, 3.05) is 13.2 Å². The molecule has 0 saturated heterocycles. The Hall–Kier alpha value is -0.251. The van der Waals surface area contributed by atoms with Crippen molar-refractivity contribution >= 4 is 14.2 Å². The average molecular weight is 248 g/mol. The normalized spacial score (nSPS) is 9.85. The van der Waals surface area contributed by atoms with E-state index in [2.05, 4.69) is 15.8 Å². The Balaban J connectivity index is 0. The van der Waals surface area contributed by atoms with Gasteiger partial charge in [-0.3, -0.25) is 0 Å². The topological polar surface area (TPSA) is 72.8 Å². The fourth-order valence-corrected chi connectivity index (χ4v) is 0.604. The first-order valence-electron chi connectivity index (χ1n) is 3.15. The van der Waals surface area contributed by atoms with E-state index in [4.69, 9.17) is 4.89 Å². The van der Waals surface area contributed by atoms with Gasteiger partial charge in [-0.05, 0) is 6.92 Å². The summed E-state index contributed by atoms with van der Waals surface area (Å²) >= 11 is 0. The van der Waals surface area contributed by atoms with E-state index >= 15 is 0 Å². The van der Waals surface area contributed by atoms with Crippen molar-refractivity contribution < 1.29 is 40.6 Å². The molecule has 0 saturated carbocycles. The van der Waals surface area contributed by atoms with Crippen LogP contribution in [0.1, 0.15) is 6.92 Å². The van der Waals surface area contributed by atoms with Gasteiger partial charge >= 0.3 is 14.2 Å². The first-order chi connectivity index (χ1) is 5.54. The van der Waals surface area contributed by atoms with Gasteiger partial charge in [0.25, 0.3) is 0 Å². The van der Waals surface area contributed by atoms with Gasteiger partial charge in [0.05, 0.1) is 0 Å². The molecule has 0 aromatic heterocycles. The largest absolute Gasteiger partial charge is 0.694 e. The van der Waals surface area contributed by atoms with Crippen molar-refractivity contribution in [3.63, 3.8) is 0 Å². The zero-order valence-electron chi connectivity index (χ0n) is 7.03. The van der Waals surface area contributed by atoms with Crippen LogP contribution in [0.4, 0.5) is 0 Å². The van der Waals surface area contributed by atoms with Gasteiger partial charge in [-0.2, -0.15) is 0 Å². The minimum Gasteiger partial charge on any atom is -0.460 e. The molecule has 0 rings (SSSR count). The predicted octanol–water partition coefficient (Wildman–Crippen LogP) is 0.769. The Morgan fingerprint density at radius 3 is 2.46 bits per heavy atom. The summed E-state index contributed by atoms with van der Waals surface area (Å²) < 4.78 is 18.7. The summed E-state index contributed by atoms with van der Waals surface area (Å²) in [7, 11) is -2.61. The van der Waals surface area contributed by atoms with Gasteiger partial charge in [-0.1, -0.05) is 6.58 Å². The molecule has 0 amide bonds. The molecule has 0 aliphatic carbocycles. The van der Waals surface area contributed by atoms with Crippen molar-refractivity contribution in [2.45, 2.75) is 6.92 Å². The molecule has 0 heterocycles. The second-order valence-corrected chi connectivity index (χ2v) is 2.72. The molecule has 75 valence electrons. The molecule has 0 aliphatic rings. The maximum Gasteiger partial charge on any atom is 0.694 e. The molecule has 0 aromatic carbocycles. The molecule has 0 aliphatic heterocycles. The maximum atomic E-state index is 10.7. The minimum absolute atomic E-state index is 0. The van der Waals surface area contributed by atoms with Crippen LogP contribution in [0, 0.1) is 0 Å². The molecule has 5 nitrogen and oxygen atoms in total. The molecular formula is C6H10MnO5P+. The third kappa shape index (κ3) is 9.67.